The zero-order valence-electron chi connectivity index (χ0n) is 10.7. The molecule has 0 bridgehead atoms. The van der Waals surface area contributed by atoms with Crippen LogP contribution in [0.4, 0.5) is 0 Å². The Balaban J connectivity index is 1.97. The second-order valence-electron chi connectivity index (χ2n) is 4.45. The van der Waals surface area contributed by atoms with Crippen LogP contribution in [0.1, 0.15) is 19.8 Å². The van der Waals surface area contributed by atoms with E-state index in [1.807, 2.05) is 0 Å². The summed E-state index contributed by atoms with van der Waals surface area (Å²) in [5.74, 6) is 0. The van der Waals surface area contributed by atoms with E-state index in [2.05, 4.69) is 6.92 Å². The van der Waals surface area contributed by atoms with Gasteiger partial charge in [0.15, 0.2) is 6.73 Å². The highest BCUT2D eigenvalue weighted by molar-refractivity contribution is 4.51. The third-order valence-electron chi connectivity index (χ3n) is 3.35. The highest BCUT2D eigenvalue weighted by Gasteiger charge is 2.29. The molecule has 0 spiro atoms. The van der Waals surface area contributed by atoms with E-state index in [1.54, 1.807) is 7.11 Å². The van der Waals surface area contributed by atoms with Crippen molar-refractivity contribution in [2.24, 2.45) is 0 Å². The van der Waals surface area contributed by atoms with E-state index < -0.39 is 0 Å². The SMILES string of the molecule is CC[N+]1(COCCOCCOC)CCCC1. The minimum Gasteiger partial charge on any atom is -0.382 e. The van der Waals surface area contributed by atoms with Gasteiger partial charge in [-0.25, -0.2) is 0 Å². The average molecular weight is 232 g/mol. The van der Waals surface area contributed by atoms with Crippen LogP contribution < -0.4 is 0 Å². The van der Waals surface area contributed by atoms with Crippen LogP contribution in [0.5, 0.6) is 0 Å². The third-order valence-corrected chi connectivity index (χ3v) is 3.35. The Labute approximate surface area is 99.1 Å². The Morgan fingerprint density at radius 2 is 1.56 bits per heavy atom. The van der Waals surface area contributed by atoms with Gasteiger partial charge in [-0.05, 0) is 6.92 Å². The molecule has 96 valence electrons. The Kier molecular flexibility index (Phi) is 6.96. The fourth-order valence-electron chi connectivity index (χ4n) is 2.16. The summed E-state index contributed by atoms with van der Waals surface area (Å²) in [7, 11) is 1.68. The highest BCUT2D eigenvalue weighted by Crippen LogP contribution is 2.18. The second kappa shape index (κ2) is 8.01. The molecule has 0 aromatic carbocycles. The van der Waals surface area contributed by atoms with Gasteiger partial charge >= 0.3 is 0 Å². The van der Waals surface area contributed by atoms with Crippen LogP contribution in [0.25, 0.3) is 0 Å². The van der Waals surface area contributed by atoms with Gasteiger partial charge in [-0.15, -0.1) is 0 Å². The number of rotatable bonds is 9. The topological polar surface area (TPSA) is 27.7 Å². The molecule has 4 nitrogen and oxygen atoms in total. The zero-order chi connectivity index (χ0) is 11.7. The normalized spacial score (nSPS) is 19.1. The second-order valence-corrected chi connectivity index (χ2v) is 4.45. The van der Waals surface area contributed by atoms with Crippen LogP contribution in [-0.2, 0) is 14.2 Å². The van der Waals surface area contributed by atoms with Crippen molar-refractivity contribution in [3.05, 3.63) is 0 Å². The molecule has 0 radical (unpaired) electrons. The predicted octanol–water partition coefficient (Wildman–Crippen LogP) is 1.25. The maximum Gasteiger partial charge on any atom is 0.183 e. The Hall–Kier alpha value is -0.160. The van der Waals surface area contributed by atoms with E-state index in [-0.39, 0.29) is 0 Å². The monoisotopic (exact) mass is 232 g/mol. The average Bonchev–Trinajstić information content (AvgIpc) is 2.77. The highest BCUT2D eigenvalue weighted by atomic mass is 16.5. The van der Waals surface area contributed by atoms with Gasteiger partial charge in [0.1, 0.15) is 0 Å². The van der Waals surface area contributed by atoms with Crippen LogP contribution >= 0.6 is 0 Å². The van der Waals surface area contributed by atoms with Crippen molar-refractivity contribution >= 4 is 0 Å². The third kappa shape index (κ3) is 4.78. The van der Waals surface area contributed by atoms with Crippen LogP contribution in [0.3, 0.4) is 0 Å². The standard InChI is InChI=1S/C12H26NO3/c1-3-13(6-4-5-7-13)12-16-11-10-15-9-8-14-2/h3-12H2,1-2H3/q+1. The first-order valence-corrected chi connectivity index (χ1v) is 6.32. The molecule has 0 aliphatic carbocycles. The van der Waals surface area contributed by atoms with Gasteiger partial charge in [0, 0.05) is 20.0 Å². The van der Waals surface area contributed by atoms with Crippen molar-refractivity contribution in [2.75, 3.05) is 59.9 Å². The van der Waals surface area contributed by atoms with Crippen molar-refractivity contribution in [3.8, 4) is 0 Å². The smallest absolute Gasteiger partial charge is 0.183 e. The fraction of sp³-hybridized carbons (Fsp3) is 1.00. The largest absolute Gasteiger partial charge is 0.382 e. The summed E-state index contributed by atoms with van der Waals surface area (Å²) in [5.41, 5.74) is 0. The van der Waals surface area contributed by atoms with Gasteiger partial charge in [-0.1, -0.05) is 0 Å². The Morgan fingerprint density at radius 3 is 2.19 bits per heavy atom. The zero-order valence-corrected chi connectivity index (χ0v) is 10.7. The van der Waals surface area contributed by atoms with E-state index >= 15 is 0 Å². The van der Waals surface area contributed by atoms with Gasteiger partial charge in [0.25, 0.3) is 0 Å². The summed E-state index contributed by atoms with van der Waals surface area (Å²) < 4.78 is 17.1. The molecule has 0 saturated carbocycles. The summed E-state index contributed by atoms with van der Waals surface area (Å²) >= 11 is 0. The summed E-state index contributed by atoms with van der Waals surface area (Å²) in [4.78, 5) is 0. The van der Waals surface area contributed by atoms with Gasteiger partial charge in [-0.2, -0.15) is 0 Å². The van der Waals surface area contributed by atoms with Crippen molar-refractivity contribution in [1.29, 1.82) is 0 Å². The first-order valence-electron chi connectivity index (χ1n) is 6.32. The fourth-order valence-corrected chi connectivity index (χ4v) is 2.16. The number of hydrogen-bond donors (Lipinski definition) is 0. The molecule has 0 amide bonds. The lowest BCUT2D eigenvalue weighted by Crippen LogP contribution is -2.46. The summed E-state index contributed by atoms with van der Waals surface area (Å²) in [6.07, 6.45) is 2.70. The lowest BCUT2D eigenvalue weighted by Gasteiger charge is -2.32. The molecular formula is C12H26NO3+. The van der Waals surface area contributed by atoms with Crippen LogP contribution in [0.2, 0.25) is 0 Å². The van der Waals surface area contributed by atoms with E-state index in [0.717, 1.165) is 11.2 Å². The molecular weight excluding hydrogens is 206 g/mol. The molecule has 4 heteroatoms. The molecule has 16 heavy (non-hydrogen) atoms. The molecule has 0 N–H and O–H groups in total. The predicted molar refractivity (Wildman–Crippen MR) is 63.3 cm³/mol. The van der Waals surface area contributed by atoms with Crippen LogP contribution in [0, 0.1) is 0 Å². The molecule has 0 atom stereocenters. The van der Waals surface area contributed by atoms with E-state index in [1.165, 1.54) is 32.5 Å². The van der Waals surface area contributed by atoms with E-state index in [9.17, 15) is 0 Å². The number of ether oxygens (including phenoxy) is 3. The van der Waals surface area contributed by atoms with Crippen LogP contribution in [0.15, 0.2) is 0 Å². The minimum atomic E-state index is 0.660. The summed E-state index contributed by atoms with van der Waals surface area (Å²) in [6.45, 7) is 9.54. The lowest BCUT2D eigenvalue weighted by molar-refractivity contribution is -0.933. The number of likely N-dealkylation sites (tertiary alicyclic amines) is 1. The van der Waals surface area contributed by atoms with E-state index in [0.29, 0.717) is 26.4 Å². The maximum atomic E-state index is 5.70. The molecule has 0 unspecified atom stereocenters. The van der Waals surface area contributed by atoms with Gasteiger partial charge in [0.05, 0.1) is 46.1 Å². The van der Waals surface area contributed by atoms with Gasteiger partial charge in [-0.3, -0.25) is 0 Å². The van der Waals surface area contributed by atoms with Crippen LogP contribution in [-0.4, -0.2) is 64.4 Å². The van der Waals surface area contributed by atoms with Gasteiger partial charge < -0.3 is 18.7 Å². The Bertz CT molecular complexity index is 170. The van der Waals surface area contributed by atoms with Crippen molar-refractivity contribution < 1.29 is 18.7 Å². The first-order chi connectivity index (χ1) is 7.83. The molecule has 1 heterocycles. The van der Waals surface area contributed by atoms with Crippen molar-refractivity contribution in [1.82, 2.24) is 0 Å². The quantitative estimate of drug-likeness (QED) is 0.442. The maximum absolute atomic E-state index is 5.70. The number of quaternary nitrogens is 1. The first kappa shape index (κ1) is 13.9. The molecule has 0 aromatic rings. The summed E-state index contributed by atoms with van der Waals surface area (Å²) in [6, 6.07) is 0. The Morgan fingerprint density at radius 1 is 0.938 bits per heavy atom. The number of methoxy groups -OCH3 is 1. The van der Waals surface area contributed by atoms with Gasteiger partial charge in [0.2, 0.25) is 0 Å². The molecule has 1 aliphatic rings. The minimum absolute atomic E-state index is 0.660. The summed E-state index contributed by atoms with van der Waals surface area (Å²) in [5, 5.41) is 0. The number of hydrogen-bond acceptors (Lipinski definition) is 3. The van der Waals surface area contributed by atoms with Crippen molar-refractivity contribution in [3.63, 3.8) is 0 Å². The van der Waals surface area contributed by atoms with Crippen molar-refractivity contribution in [2.45, 2.75) is 19.8 Å². The van der Waals surface area contributed by atoms with E-state index in [4.69, 9.17) is 14.2 Å². The molecule has 1 rings (SSSR count). The molecule has 1 fully saturated rings. The molecule has 1 saturated heterocycles. The molecule has 0 aromatic heterocycles. The lowest BCUT2D eigenvalue weighted by atomic mass is 10.4. The molecule has 1 aliphatic heterocycles. The number of nitrogens with zero attached hydrogens (tertiary/aromatic N) is 1.